The van der Waals surface area contributed by atoms with E-state index in [4.69, 9.17) is 18.6 Å². The maximum atomic E-state index is 12.3. The highest BCUT2D eigenvalue weighted by molar-refractivity contribution is 5.97. The number of fused-ring (bicyclic) bond motifs is 1. The summed E-state index contributed by atoms with van der Waals surface area (Å²) in [4.78, 5) is 36.6. The Labute approximate surface area is 209 Å². The molecular formula is C28H29NO7. The van der Waals surface area contributed by atoms with E-state index in [1.165, 1.54) is 24.3 Å². The van der Waals surface area contributed by atoms with Crippen molar-refractivity contribution in [2.75, 3.05) is 20.3 Å². The summed E-state index contributed by atoms with van der Waals surface area (Å²) < 4.78 is 21.8. The summed E-state index contributed by atoms with van der Waals surface area (Å²) in [5.41, 5.74) is 0.00861. The van der Waals surface area contributed by atoms with Crippen molar-refractivity contribution < 1.29 is 28.2 Å². The lowest BCUT2D eigenvalue weighted by molar-refractivity contribution is -0.128. The molecule has 1 aromatic heterocycles. The molecule has 8 nitrogen and oxygen atoms in total. The van der Waals surface area contributed by atoms with Crippen LogP contribution >= 0.6 is 0 Å². The summed E-state index contributed by atoms with van der Waals surface area (Å²) in [5.74, 6) is 0.240. The molecule has 0 fully saturated rings. The Bertz CT molecular complexity index is 1320. The Hall–Kier alpha value is -4.33. The zero-order chi connectivity index (χ0) is 25.9. The second-order valence-electron chi connectivity index (χ2n) is 7.87. The standard InChI is InChI=1S/C28H29NO7/c1-4-6-7-15-34-23-12-8-19(16-25(23)33-3)9-13-26(30)35-21-11-10-20-17-22(27(31)29-14-5-2)28(32)36-24(20)18-21/h5,8-13,16-18H,2,4,6-7,14-15H2,1,3H3,(H,29,31)/b13-9+. The van der Waals surface area contributed by atoms with Gasteiger partial charge < -0.3 is 23.9 Å². The molecule has 1 N–H and O–H groups in total. The van der Waals surface area contributed by atoms with Gasteiger partial charge >= 0.3 is 11.6 Å². The number of carbonyl (C=O) groups excluding carboxylic acids is 2. The molecule has 0 aliphatic rings. The molecule has 8 heteroatoms. The monoisotopic (exact) mass is 491 g/mol. The van der Waals surface area contributed by atoms with Gasteiger partial charge in [0, 0.05) is 24.1 Å². The number of rotatable bonds is 12. The summed E-state index contributed by atoms with van der Waals surface area (Å²) in [6, 6.07) is 11.4. The third kappa shape index (κ3) is 7.09. The van der Waals surface area contributed by atoms with Crippen molar-refractivity contribution in [1.29, 1.82) is 0 Å². The summed E-state index contributed by atoms with van der Waals surface area (Å²) in [6.07, 6.45) is 7.57. The molecular weight excluding hydrogens is 462 g/mol. The van der Waals surface area contributed by atoms with Gasteiger partial charge in [-0.3, -0.25) is 4.79 Å². The number of methoxy groups -OCH3 is 1. The summed E-state index contributed by atoms with van der Waals surface area (Å²) in [7, 11) is 1.56. The number of nitrogens with one attached hydrogen (secondary N) is 1. The molecule has 2 aromatic carbocycles. The van der Waals surface area contributed by atoms with Gasteiger partial charge in [0.05, 0.1) is 13.7 Å². The Balaban J connectivity index is 1.67. The van der Waals surface area contributed by atoms with Crippen molar-refractivity contribution in [2.24, 2.45) is 0 Å². The molecule has 0 bridgehead atoms. The predicted octanol–water partition coefficient (Wildman–Crippen LogP) is 4.91. The van der Waals surface area contributed by atoms with Gasteiger partial charge in [0.1, 0.15) is 16.9 Å². The van der Waals surface area contributed by atoms with Crippen LogP contribution in [0.2, 0.25) is 0 Å². The van der Waals surface area contributed by atoms with E-state index in [9.17, 15) is 14.4 Å². The fraction of sp³-hybridized carbons (Fsp3) is 0.250. The number of hydrogen-bond acceptors (Lipinski definition) is 7. The van der Waals surface area contributed by atoms with E-state index in [-0.39, 0.29) is 23.4 Å². The Morgan fingerprint density at radius 3 is 2.67 bits per heavy atom. The van der Waals surface area contributed by atoms with Gasteiger partial charge in [-0.15, -0.1) is 6.58 Å². The van der Waals surface area contributed by atoms with Gasteiger partial charge in [-0.1, -0.05) is 31.9 Å². The van der Waals surface area contributed by atoms with Crippen molar-refractivity contribution in [1.82, 2.24) is 5.32 Å². The minimum absolute atomic E-state index is 0.121. The molecule has 188 valence electrons. The number of benzene rings is 2. The average molecular weight is 492 g/mol. The third-order valence-corrected chi connectivity index (χ3v) is 5.18. The fourth-order valence-electron chi connectivity index (χ4n) is 3.33. The molecule has 1 heterocycles. The van der Waals surface area contributed by atoms with Gasteiger partial charge in [-0.25, -0.2) is 9.59 Å². The van der Waals surface area contributed by atoms with Crippen molar-refractivity contribution in [3.05, 3.63) is 82.7 Å². The number of esters is 1. The van der Waals surface area contributed by atoms with Crippen LogP contribution in [0.15, 0.2) is 70.4 Å². The lowest BCUT2D eigenvalue weighted by atomic mass is 10.1. The third-order valence-electron chi connectivity index (χ3n) is 5.18. The Morgan fingerprint density at radius 1 is 1.08 bits per heavy atom. The van der Waals surface area contributed by atoms with Crippen molar-refractivity contribution in [2.45, 2.75) is 26.2 Å². The zero-order valence-corrected chi connectivity index (χ0v) is 20.4. The number of carbonyl (C=O) groups is 2. The van der Waals surface area contributed by atoms with Gasteiger partial charge in [0.15, 0.2) is 11.5 Å². The number of amides is 1. The molecule has 0 saturated heterocycles. The average Bonchev–Trinajstić information content (AvgIpc) is 2.88. The SMILES string of the molecule is C=CCNC(=O)c1cc2ccc(OC(=O)/C=C/c3ccc(OCCCCC)c(OC)c3)cc2oc1=O. The number of ether oxygens (including phenoxy) is 3. The zero-order valence-electron chi connectivity index (χ0n) is 20.4. The molecule has 0 unspecified atom stereocenters. The van der Waals surface area contributed by atoms with Gasteiger partial charge in [-0.05, 0) is 48.4 Å². The minimum Gasteiger partial charge on any atom is -0.493 e. The number of unbranched alkanes of at least 4 members (excludes halogenated alkanes) is 2. The van der Waals surface area contributed by atoms with E-state index in [1.807, 2.05) is 6.07 Å². The minimum atomic E-state index is -0.792. The van der Waals surface area contributed by atoms with Gasteiger partial charge in [-0.2, -0.15) is 0 Å². The van der Waals surface area contributed by atoms with Crippen LogP contribution in [0.4, 0.5) is 0 Å². The molecule has 0 saturated carbocycles. The van der Waals surface area contributed by atoms with Crippen LogP contribution in [-0.2, 0) is 4.79 Å². The van der Waals surface area contributed by atoms with E-state index in [2.05, 4.69) is 18.8 Å². The Kier molecular flexibility index (Phi) is 9.45. The fourth-order valence-corrected chi connectivity index (χ4v) is 3.33. The smallest absolute Gasteiger partial charge is 0.349 e. The molecule has 0 atom stereocenters. The molecule has 1 amide bonds. The highest BCUT2D eigenvalue weighted by atomic mass is 16.5. The molecule has 3 rings (SSSR count). The lowest BCUT2D eigenvalue weighted by Crippen LogP contribution is -2.28. The second kappa shape index (κ2) is 12.9. The molecule has 0 aliphatic carbocycles. The van der Waals surface area contributed by atoms with E-state index in [1.54, 1.807) is 37.5 Å². The van der Waals surface area contributed by atoms with Crippen LogP contribution in [0.3, 0.4) is 0 Å². The van der Waals surface area contributed by atoms with E-state index >= 15 is 0 Å². The quantitative estimate of drug-likeness (QED) is 0.0959. The van der Waals surface area contributed by atoms with Crippen LogP contribution in [0.1, 0.15) is 42.1 Å². The van der Waals surface area contributed by atoms with Crippen molar-refractivity contribution in [3.8, 4) is 17.2 Å². The van der Waals surface area contributed by atoms with Crippen LogP contribution in [0, 0.1) is 0 Å². The molecule has 3 aromatic rings. The summed E-state index contributed by atoms with van der Waals surface area (Å²) >= 11 is 0. The van der Waals surface area contributed by atoms with Crippen LogP contribution in [0.25, 0.3) is 17.0 Å². The van der Waals surface area contributed by atoms with E-state index in [0.717, 1.165) is 24.8 Å². The number of hydrogen-bond donors (Lipinski definition) is 1. The topological polar surface area (TPSA) is 104 Å². The van der Waals surface area contributed by atoms with E-state index in [0.29, 0.717) is 23.5 Å². The summed E-state index contributed by atoms with van der Waals surface area (Å²) in [5, 5.41) is 3.05. The van der Waals surface area contributed by atoms with E-state index < -0.39 is 17.5 Å². The summed E-state index contributed by atoms with van der Waals surface area (Å²) in [6.45, 7) is 6.49. The first-order valence-corrected chi connectivity index (χ1v) is 11.6. The van der Waals surface area contributed by atoms with Crippen LogP contribution in [-0.4, -0.2) is 32.1 Å². The molecule has 0 radical (unpaired) electrons. The highest BCUT2D eigenvalue weighted by Crippen LogP contribution is 2.29. The van der Waals surface area contributed by atoms with Crippen LogP contribution < -0.4 is 25.2 Å². The maximum absolute atomic E-state index is 12.3. The second-order valence-corrected chi connectivity index (χ2v) is 7.87. The van der Waals surface area contributed by atoms with Gasteiger partial charge in [0.2, 0.25) is 0 Å². The van der Waals surface area contributed by atoms with Crippen molar-refractivity contribution in [3.63, 3.8) is 0 Å². The Morgan fingerprint density at radius 2 is 1.92 bits per heavy atom. The molecule has 36 heavy (non-hydrogen) atoms. The van der Waals surface area contributed by atoms with Gasteiger partial charge in [0.25, 0.3) is 5.91 Å². The first kappa shape index (κ1) is 26.3. The molecule has 0 aliphatic heterocycles. The normalized spacial score (nSPS) is 10.8. The van der Waals surface area contributed by atoms with Crippen molar-refractivity contribution >= 4 is 28.9 Å². The predicted molar refractivity (Wildman–Crippen MR) is 138 cm³/mol. The van der Waals surface area contributed by atoms with Crippen LogP contribution in [0.5, 0.6) is 17.2 Å². The lowest BCUT2D eigenvalue weighted by Gasteiger charge is -2.11. The largest absolute Gasteiger partial charge is 0.493 e. The highest BCUT2D eigenvalue weighted by Gasteiger charge is 2.14. The maximum Gasteiger partial charge on any atom is 0.349 e. The first-order chi connectivity index (χ1) is 17.4. The first-order valence-electron chi connectivity index (χ1n) is 11.6. The molecule has 0 spiro atoms.